The lowest BCUT2D eigenvalue weighted by Gasteiger charge is -2.12. The fourth-order valence-electron chi connectivity index (χ4n) is 1.23. The number of anilines is 1. The van der Waals surface area contributed by atoms with E-state index in [4.69, 9.17) is 34.3 Å². The maximum absolute atomic E-state index is 11.6. The molecule has 0 bridgehead atoms. The summed E-state index contributed by atoms with van der Waals surface area (Å²) in [5.74, 6) is -0.594. The number of nitrogens with two attached hydrogens (primary N) is 1. The van der Waals surface area contributed by atoms with Crippen LogP contribution in [0.2, 0.25) is 10.0 Å². The first-order valence-electron chi connectivity index (χ1n) is 4.72. The largest absolute Gasteiger partial charge is 0.370 e. The molecule has 0 aliphatic rings. The Bertz CT molecular complexity index is 645. The van der Waals surface area contributed by atoms with Gasteiger partial charge in [-0.05, 0) is 12.1 Å². The Morgan fingerprint density at radius 3 is 2.42 bits per heavy atom. The molecule has 0 aliphatic heterocycles. The van der Waals surface area contributed by atoms with Gasteiger partial charge in [-0.3, -0.25) is 10.7 Å². The minimum atomic E-state index is -3.65. The summed E-state index contributed by atoms with van der Waals surface area (Å²) >= 11 is 11.6. The van der Waals surface area contributed by atoms with E-state index in [1.165, 1.54) is 6.07 Å². The van der Waals surface area contributed by atoms with Crippen LogP contribution in [0, 0.1) is 5.41 Å². The van der Waals surface area contributed by atoms with Gasteiger partial charge in [0.05, 0.1) is 15.6 Å². The van der Waals surface area contributed by atoms with Gasteiger partial charge in [-0.15, -0.1) is 0 Å². The first-order valence-corrected chi connectivity index (χ1v) is 7.37. The van der Waals surface area contributed by atoms with Crippen molar-refractivity contribution in [3.63, 3.8) is 0 Å². The lowest BCUT2D eigenvalue weighted by atomic mass is 10.3. The molecule has 1 aromatic carbocycles. The molecule has 1 rings (SSSR count). The van der Waals surface area contributed by atoms with Crippen LogP contribution in [0.1, 0.15) is 0 Å². The molecule has 7 nitrogen and oxygen atoms in total. The SMILES string of the molecule is CS(=O)(=O)c1cc(Cl)cc(Cl)c1NC(=O)NC(=N)N. The molecule has 2 amide bonds. The molecular formula is C9H10Cl2N4O3S. The Kier molecular flexibility index (Phi) is 4.61. The Morgan fingerprint density at radius 2 is 1.95 bits per heavy atom. The highest BCUT2D eigenvalue weighted by atomic mass is 35.5. The lowest BCUT2D eigenvalue weighted by molar-refractivity contribution is 0.256. The van der Waals surface area contributed by atoms with Crippen LogP contribution in [0.15, 0.2) is 17.0 Å². The van der Waals surface area contributed by atoms with Crippen molar-refractivity contribution in [2.75, 3.05) is 11.6 Å². The van der Waals surface area contributed by atoms with Crippen molar-refractivity contribution in [1.29, 1.82) is 5.41 Å². The highest BCUT2D eigenvalue weighted by Gasteiger charge is 2.19. The molecule has 0 saturated carbocycles. The van der Waals surface area contributed by atoms with Gasteiger partial charge in [0.1, 0.15) is 0 Å². The Hall–Kier alpha value is -1.51. The van der Waals surface area contributed by atoms with Crippen molar-refractivity contribution in [3.05, 3.63) is 22.2 Å². The number of rotatable bonds is 2. The number of guanidine groups is 1. The lowest BCUT2D eigenvalue weighted by Crippen LogP contribution is -2.39. The number of carbonyl (C=O) groups excluding carboxylic acids is 1. The summed E-state index contributed by atoms with van der Waals surface area (Å²) in [6, 6.07) is 1.55. The molecule has 104 valence electrons. The smallest absolute Gasteiger partial charge is 0.326 e. The molecule has 0 spiro atoms. The van der Waals surface area contributed by atoms with Gasteiger partial charge >= 0.3 is 6.03 Å². The molecule has 10 heteroatoms. The predicted octanol–water partition coefficient (Wildman–Crippen LogP) is 1.41. The summed E-state index contributed by atoms with van der Waals surface area (Å²) in [7, 11) is -3.65. The van der Waals surface area contributed by atoms with Gasteiger partial charge < -0.3 is 11.1 Å². The molecular weight excluding hydrogens is 315 g/mol. The molecule has 1 aromatic rings. The van der Waals surface area contributed by atoms with Crippen LogP contribution in [-0.4, -0.2) is 26.7 Å². The topological polar surface area (TPSA) is 125 Å². The normalized spacial score (nSPS) is 10.9. The van der Waals surface area contributed by atoms with Crippen LogP contribution in [0.25, 0.3) is 0 Å². The second-order valence-corrected chi connectivity index (χ2v) is 6.35. The van der Waals surface area contributed by atoms with Crippen LogP contribution in [0.3, 0.4) is 0 Å². The summed E-state index contributed by atoms with van der Waals surface area (Å²) in [5, 5.41) is 11.1. The van der Waals surface area contributed by atoms with Crippen LogP contribution < -0.4 is 16.4 Å². The molecule has 0 atom stereocenters. The van der Waals surface area contributed by atoms with Crippen molar-refractivity contribution in [3.8, 4) is 0 Å². The van der Waals surface area contributed by atoms with Gasteiger partial charge in [-0.25, -0.2) is 13.2 Å². The van der Waals surface area contributed by atoms with E-state index in [2.05, 4.69) is 5.32 Å². The van der Waals surface area contributed by atoms with Crippen molar-refractivity contribution in [1.82, 2.24) is 5.32 Å². The van der Waals surface area contributed by atoms with E-state index in [1.54, 1.807) is 0 Å². The van der Waals surface area contributed by atoms with E-state index in [1.807, 2.05) is 5.32 Å². The minimum Gasteiger partial charge on any atom is -0.370 e. The Balaban J connectivity index is 3.27. The van der Waals surface area contributed by atoms with Crippen LogP contribution >= 0.6 is 23.2 Å². The molecule has 0 heterocycles. The van der Waals surface area contributed by atoms with Gasteiger partial charge in [-0.1, -0.05) is 23.2 Å². The number of amides is 2. The molecule has 0 saturated heterocycles. The first-order chi connectivity index (χ1) is 8.61. The summed E-state index contributed by atoms with van der Waals surface area (Å²) in [4.78, 5) is 11.2. The second kappa shape index (κ2) is 5.64. The van der Waals surface area contributed by atoms with Crippen LogP contribution in [-0.2, 0) is 9.84 Å². The zero-order chi connectivity index (χ0) is 14.8. The van der Waals surface area contributed by atoms with Gasteiger partial charge in [0, 0.05) is 11.3 Å². The standard InChI is InChI=1S/C9H10Cl2N4O3S/c1-19(17,18)6-3-4(10)2-5(11)7(6)14-9(16)15-8(12)13/h2-3H,1H3,(H5,12,13,14,15,16). The van der Waals surface area contributed by atoms with Crippen molar-refractivity contribution in [2.24, 2.45) is 5.73 Å². The summed E-state index contributed by atoms with van der Waals surface area (Å²) in [6.45, 7) is 0. The van der Waals surface area contributed by atoms with E-state index in [0.717, 1.165) is 12.3 Å². The zero-order valence-electron chi connectivity index (χ0n) is 9.62. The fraction of sp³-hybridized carbons (Fsp3) is 0.111. The maximum atomic E-state index is 11.6. The van der Waals surface area contributed by atoms with E-state index < -0.39 is 21.8 Å². The highest BCUT2D eigenvalue weighted by Crippen LogP contribution is 2.33. The molecule has 0 fully saturated rings. The Morgan fingerprint density at radius 1 is 1.37 bits per heavy atom. The van der Waals surface area contributed by atoms with Crippen molar-refractivity contribution >= 4 is 50.7 Å². The second-order valence-electron chi connectivity index (χ2n) is 3.53. The third-order valence-electron chi connectivity index (χ3n) is 1.91. The highest BCUT2D eigenvalue weighted by molar-refractivity contribution is 7.90. The summed E-state index contributed by atoms with van der Waals surface area (Å²) in [5.41, 5.74) is 4.84. The number of nitrogens with one attached hydrogen (secondary N) is 3. The number of benzene rings is 1. The summed E-state index contributed by atoms with van der Waals surface area (Å²) < 4.78 is 23.2. The molecule has 5 N–H and O–H groups in total. The van der Waals surface area contributed by atoms with Gasteiger partial charge in [-0.2, -0.15) is 0 Å². The Labute approximate surface area is 119 Å². The molecule has 0 aromatic heterocycles. The minimum absolute atomic E-state index is 0.0494. The number of hydrogen-bond donors (Lipinski definition) is 4. The number of halogens is 2. The van der Waals surface area contributed by atoms with E-state index in [-0.39, 0.29) is 20.6 Å². The molecule has 0 radical (unpaired) electrons. The predicted molar refractivity (Wildman–Crippen MR) is 73.6 cm³/mol. The molecule has 0 unspecified atom stereocenters. The third-order valence-corrected chi connectivity index (χ3v) is 3.54. The third kappa shape index (κ3) is 4.27. The first kappa shape index (κ1) is 15.5. The average Bonchev–Trinajstić information content (AvgIpc) is 2.18. The van der Waals surface area contributed by atoms with Crippen LogP contribution in [0.5, 0.6) is 0 Å². The number of urea groups is 1. The fourth-order valence-corrected chi connectivity index (χ4v) is 2.77. The number of hydrogen-bond acceptors (Lipinski definition) is 4. The number of sulfone groups is 1. The zero-order valence-corrected chi connectivity index (χ0v) is 11.9. The van der Waals surface area contributed by atoms with Crippen LogP contribution in [0.4, 0.5) is 10.5 Å². The van der Waals surface area contributed by atoms with Crippen molar-refractivity contribution < 1.29 is 13.2 Å². The van der Waals surface area contributed by atoms with Gasteiger partial charge in [0.15, 0.2) is 15.8 Å². The van der Waals surface area contributed by atoms with Gasteiger partial charge in [0.2, 0.25) is 0 Å². The van der Waals surface area contributed by atoms with Gasteiger partial charge in [0.25, 0.3) is 0 Å². The van der Waals surface area contributed by atoms with E-state index in [9.17, 15) is 13.2 Å². The monoisotopic (exact) mass is 324 g/mol. The molecule has 0 aliphatic carbocycles. The van der Waals surface area contributed by atoms with E-state index >= 15 is 0 Å². The molecule has 19 heavy (non-hydrogen) atoms. The number of carbonyl (C=O) groups is 1. The van der Waals surface area contributed by atoms with E-state index in [0.29, 0.717) is 0 Å². The summed E-state index contributed by atoms with van der Waals surface area (Å²) in [6.07, 6.45) is 0.947. The van der Waals surface area contributed by atoms with Crippen molar-refractivity contribution in [2.45, 2.75) is 4.90 Å². The quantitative estimate of drug-likeness (QED) is 0.484. The average molecular weight is 325 g/mol. The maximum Gasteiger partial charge on any atom is 0.326 e.